The third-order valence-electron chi connectivity index (χ3n) is 5.55. The summed E-state index contributed by atoms with van der Waals surface area (Å²) in [7, 11) is -8.12. The van der Waals surface area contributed by atoms with Gasteiger partial charge in [-0.1, -0.05) is 51.1 Å². The van der Waals surface area contributed by atoms with Crippen LogP contribution in [0.5, 0.6) is 0 Å². The molecule has 1 saturated heterocycles. The average molecular weight is 485 g/mol. The second kappa shape index (κ2) is 8.75. The van der Waals surface area contributed by atoms with E-state index in [4.69, 9.17) is 13.9 Å². The summed E-state index contributed by atoms with van der Waals surface area (Å²) in [6.07, 6.45) is -2.66. The number of halogens is 3. The van der Waals surface area contributed by atoms with Crippen molar-refractivity contribution in [3.05, 3.63) is 35.9 Å². The molecule has 6 nitrogen and oxygen atoms in total. The third kappa shape index (κ3) is 6.29. The molecule has 1 aromatic rings. The van der Waals surface area contributed by atoms with Crippen LogP contribution in [0.3, 0.4) is 0 Å². The minimum Gasteiger partial charge on any atom is -0.407 e. The summed E-state index contributed by atoms with van der Waals surface area (Å²) < 4.78 is 83.6. The Morgan fingerprint density at radius 2 is 1.65 bits per heavy atom. The van der Waals surface area contributed by atoms with E-state index in [1.54, 1.807) is 13.8 Å². The number of alkyl halides is 3. The van der Waals surface area contributed by atoms with Crippen molar-refractivity contribution in [1.82, 2.24) is 0 Å². The molecule has 31 heavy (non-hydrogen) atoms. The molecule has 1 aromatic carbocycles. The summed E-state index contributed by atoms with van der Waals surface area (Å²) in [5.74, 6) is -1.16. The zero-order valence-corrected chi connectivity index (χ0v) is 20.6. The van der Waals surface area contributed by atoms with Gasteiger partial charge in [0.15, 0.2) is 14.1 Å². The highest BCUT2D eigenvalue weighted by Crippen LogP contribution is 2.44. The van der Waals surface area contributed by atoms with Gasteiger partial charge in [-0.2, -0.15) is 21.6 Å². The van der Waals surface area contributed by atoms with Gasteiger partial charge >= 0.3 is 15.6 Å². The van der Waals surface area contributed by atoms with E-state index in [0.717, 1.165) is 5.56 Å². The van der Waals surface area contributed by atoms with Crippen molar-refractivity contribution in [2.24, 2.45) is 0 Å². The van der Waals surface area contributed by atoms with Crippen molar-refractivity contribution in [3.8, 4) is 0 Å². The van der Waals surface area contributed by atoms with Crippen LogP contribution < -0.4 is 0 Å². The van der Waals surface area contributed by atoms with E-state index in [1.807, 2.05) is 43.4 Å². The third-order valence-corrected chi connectivity index (χ3v) is 11.0. The maximum Gasteiger partial charge on any atom is 0.523 e. The highest BCUT2D eigenvalue weighted by atomic mass is 32.2. The van der Waals surface area contributed by atoms with Crippen LogP contribution >= 0.6 is 0 Å². The van der Waals surface area contributed by atoms with Gasteiger partial charge in [-0.05, 0) is 37.5 Å². The highest BCUT2D eigenvalue weighted by molar-refractivity contribution is 7.87. The van der Waals surface area contributed by atoms with E-state index in [9.17, 15) is 21.6 Å². The Morgan fingerprint density at radius 1 is 1.10 bits per heavy atom. The smallest absolute Gasteiger partial charge is 0.407 e. The lowest BCUT2D eigenvalue weighted by atomic mass is 10.0. The van der Waals surface area contributed by atoms with Crippen LogP contribution in [0, 0.1) is 0 Å². The fourth-order valence-corrected chi connectivity index (χ4v) is 4.64. The van der Waals surface area contributed by atoms with Crippen molar-refractivity contribution >= 4 is 18.4 Å². The molecular formula is C20H31F3O6SSi. The molecule has 0 saturated carbocycles. The molecule has 1 fully saturated rings. The van der Waals surface area contributed by atoms with Crippen LogP contribution in [0.15, 0.2) is 30.3 Å². The molecule has 178 valence electrons. The highest BCUT2D eigenvalue weighted by Gasteiger charge is 2.52. The van der Waals surface area contributed by atoms with Crippen LogP contribution in [0.2, 0.25) is 18.1 Å². The SMILES string of the molecule is CC1(C)O[C@H]([C@H](O[Si](C)(C)C(C)(C)C)c2ccccc2)[C@@H](COS(=O)(=O)C(F)(F)F)O1. The van der Waals surface area contributed by atoms with Gasteiger partial charge in [-0.3, -0.25) is 4.18 Å². The van der Waals surface area contributed by atoms with E-state index >= 15 is 0 Å². The van der Waals surface area contributed by atoms with Gasteiger partial charge in [-0.25, -0.2) is 0 Å². The number of benzene rings is 1. The Kier molecular flexibility index (Phi) is 7.42. The van der Waals surface area contributed by atoms with Crippen LogP contribution in [0.1, 0.15) is 46.3 Å². The summed E-state index contributed by atoms with van der Waals surface area (Å²) in [5, 5.41) is -0.152. The van der Waals surface area contributed by atoms with E-state index in [0.29, 0.717) is 0 Å². The van der Waals surface area contributed by atoms with Gasteiger partial charge in [0.05, 0.1) is 12.7 Å². The van der Waals surface area contributed by atoms with E-state index in [2.05, 4.69) is 25.0 Å². The average Bonchev–Trinajstić information content (AvgIpc) is 2.91. The Morgan fingerprint density at radius 3 is 2.13 bits per heavy atom. The van der Waals surface area contributed by atoms with Gasteiger partial charge in [0.2, 0.25) is 0 Å². The molecule has 0 amide bonds. The molecule has 1 aliphatic heterocycles. The molecule has 3 atom stereocenters. The molecule has 0 N–H and O–H groups in total. The van der Waals surface area contributed by atoms with Crippen LogP contribution in [-0.2, 0) is 28.2 Å². The second-order valence-electron chi connectivity index (χ2n) is 9.53. The minimum absolute atomic E-state index is 0.152. The molecule has 0 spiro atoms. The molecule has 0 bridgehead atoms. The quantitative estimate of drug-likeness (QED) is 0.303. The first-order chi connectivity index (χ1) is 13.9. The molecule has 1 aliphatic rings. The van der Waals surface area contributed by atoms with Crippen molar-refractivity contribution in [3.63, 3.8) is 0 Å². The van der Waals surface area contributed by atoms with Crippen molar-refractivity contribution < 1.29 is 39.7 Å². The van der Waals surface area contributed by atoms with E-state index in [1.165, 1.54) is 0 Å². The Balaban J connectivity index is 2.39. The van der Waals surface area contributed by atoms with Gasteiger partial charge in [0, 0.05) is 0 Å². The van der Waals surface area contributed by atoms with Crippen LogP contribution in [0.25, 0.3) is 0 Å². The predicted octanol–water partition coefficient (Wildman–Crippen LogP) is 5.14. The second-order valence-corrected chi connectivity index (χ2v) is 15.9. The Hall–Kier alpha value is -0.983. The fraction of sp³-hybridized carbons (Fsp3) is 0.700. The lowest BCUT2D eigenvalue weighted by Gasteiger charge is -2.41. The van der Waals surface area contributed by atoms with Crippen LogP contribution in [-0.4, -0.2) is 46.8 Å². The lowest BCUT2D eigenvalue weighted by molar-refractivity contribution is -0.156. The molecular weight excluding hydrogens is 453 g/mol. The Bertz CT molecular complexity index is 850. The van der Waals surface area contributed by atoms with Gasteiger partial charge in [0.1, 0.15) is 12.2 Å². The predicted molar refractivity (Wildman–Crippen MR) is 112 cm³/mol. The van der Waals surface area contributed by atoms with Gasteiger partial charge in [0.25, 0.3) is 0 Å². The summed E-state index contributed by atoms with van der Waals surface area (Å²) >= 11 is 0. The zero-order valence-electron chi connectivity index (χ0n) is 18.8. The first-order valence-electron chi connectivity index (χ1n) is 9.90. The largest absolute Gasteiger partial charge is 0.523 e. The van der Waals surface area contributed by atoms with Gasteiger partial charge in [-0.15, -0.1) is 0 Å². The van der Waals surface area contributed by atoms with Crippen molar-refractivity contribution in [2.45, 2.75) is 82.4 Å². The van der Waals surface area contributed by atoms with Crippen molar-refractivity contribution in [2.75, 3.05) is 6.61 Å². The standard InChI is InChI=1S/C20H31F3O6SSi/c1-18(2,3)31(6,7)29-16(14-11-9-8-10-12-14)17-15(27-19(4,5)28-17)13-26-30(24,25)20(21,22)23/h8-12,15-17H,13H2,1-7H3/t15-,16-,17+/m1/s1. The fourth-order valence-electron chi connectivity index (χ4n) is 2.93. The number of rotatable bonds is 7. The summed E-state index contributed by atoms with van der Waals surface area (Å²) in [4.78, 5) is 0. The molecule has 11 heteroatoms. The maximum absolute atomic E-state index is 12.7. The topological polar surface area (TPSA) is 71.1 Å². The molecule has 0 aromatic heterocycles. The monoisotopic (exact) mass is 484 g/mol. The molecule has 0 radical (unpaired) electrons. The molecule has 0 aliphatic carbocycles. The lowest BCUT2D eigenvalue weighted by Crippen LogP contribution is -2.46. The summed E-state index contributed by atoms with van der Waals surface area (Å²) in [5.41, 5.74) is -4.77. The normalized spacial score (nSPS) is 23.7. The molecule has 2 rings (SSSR count). The number of hydrogen-bond donors (Lipinski definition) is 0. The number of hydrogen-bond acceptors (Lipinski definition) is 6. The van der Waals surface area contributed by atoms with E-state index < -0.39 is 54.6 Å². The maximum atomic E-state index is 12.7. The summed E-state index contributed by atoms with van der Waals surface area (Å²) in [6, 6.07) is 9.13. The molecule has 0 unspecified atom stereocenters. The minimum atomic E-state index is -5.76. The summed E-state index contributed by atoms with van der Waals surface area (Å²) in [6.45, 7) is 12.6. The van der Waals surface area contributed by atoms with E-state index in [-0.39, 0.29) is 5.04 Å². The van der Waals surface area contributed by atoms with Crippen molar-refractivity contribution in [1.29, 1.82) is 0 Å². The van der Waals surface area contributed by atoms with Gasteiger partial charge < -0.3 is 13.9 Å². The first kappa shape index (κ1) is 26.3. The Labute approximate surface area is 183 Å². The molecule has 1 heterocycles. The zero-order chi connectivity index (χ0) is 23.9. The first-order valence-corrected chi connectivity index (χ1v) is 14.2. The number of ether oxygens (including phenoxy) is 2. The van der Waals surface area contributed by atoms with Crippen LogP contribution in [0.4, 0.5) is 13.2 Å².